The lowest BCUT2D eigenvalue weighted by Gasteiger charge is -2.17. The van der Waals surface area contributed by atoms with Gasteiger partial charge >= 0.3 is 12.0 Å². The molecule has 0 spiro atoms. The molecule has 0 heterocycles. The molecule has 0 saturated heterocycles. The van der Waals surface area contributed by atoms with E-state index in [-0.39, 0.29) is 6.03 Å². The number of aryl methyl sites for hydroxylation is 3. The quantitative estimate of drug-likeness (QED) is 0.339. The second-order valence-electron chi connectivity index (χ2n) is 8.02. The first-order valence-corrected chi connectivity index (χ1v) is 11.5. The number of carboxylic acids is 1. The van der Waals surface area contributed by atoms with Gasteiger partial charge in [-0.15, -0.1) is 0 Å². The number of hydrogen-bond acceptors (Lipinski definition) is 4. The van der Waals surface area contributed by atoms with Crippen molar-refractivity contribution in [2.24, 2.45) is 0 Å². The standard InChI is InChI=1S/C26H29N3O3S/c1-16-12-17(2)24(18(3)13-16)33-29-23(25(30)31)14-19-8-10-20(11-9-19)21-6-5-7-22(15-21)28-26(32)27-4/h5-13,15,23,29H,14H2,1-4H3,(H,30,31)(H2,27,28,32). The van der Waals surface area contributed by atoms with Crippen LogP contribution in [-0.2, 0) is 11.2 Å². The number of anilines is 1. The number of urea groups is 1. The molecule has 4 N–H and O–H groups in total. The Morgan fingerprint density at radius 1 is 0.939 bits per heavy atom. The van der Waals surface area contributed by atoms with Crippen LogP contribution < -0.4 is 15.4 Å². The van der Waals surface area contributed by atoms with Crippen molar-refractivity contribution in [3.8, 4) is 11.1 Å². The molecule has 1 atom stereocenters. The SMILES string of the molecule is CNC(=O)Nc1cccc(-c2ccc(CC(NSc3c(C)cc(C)cc3C)C(=O)O)cc2)c1. The molecule has 0 fully saturated rings. The fourth-order valence-corrected chi connectivity index (χ4v) is 4.56. The van der Waals surface area contributed by atoms with E-state index in [1.54, 1.807) is 7.05 Å². The van der Waals surface area contributed by atoms with Crippen LogP contribution in [0.1, 0.15) is 22.3 Å². The summed E-state index contributed by atoms with van der Waals surface area (Å²) in [6, 6.07) is 18.6. The summed E-state index contributed by atoms with van der Waals surface area (Å²) >= 11 is 1.38. The van der Waals surface area contributed by atoms with E-state index in [0.717, 1.165) is 32.7 Å². The lowest BCUT2D eigenvalue weighted by molar-refractivity contribution is -0.138. The van der Waals surface area contributed by atoms with Crippen LogP contribution in [0.15, 0.2) is 65.6 Å². The Morgan fingerprint density at radius 2 is 1.61 bits per heavy atom. The number of nitrogens with one attached hydrogen (secondary N) is 3. The molecule has 6 nitrogen and oxygen atoms in total. The Balaban J connectivity index is 1.69. The lowest BCUT2D eigenvalue weighted by Crippen LogP contribution is -2.34. The molecule has 0 aliphatic rings. The fraction of sp³-hybridized carbons (Fsp3) is 0.231. The average molecular weight is 464 g/mol. The van der Waals surface area contributed by atoms with Crippen LogP contribution in [0.3, 0.4) is 0 Å². The molecule has 172 valence electrons. The zero-order chi connectivity index (χ0) is 24.0. The summed E-state index contributed by atoms with van der Waals surface area (Å²) in [5.41, 5.74) is 7.03. The Bertz CT molecular complexity index is 1120. The number of carbonyl (C=O) groups is 2. The van der Waals surface area contributed by atoms with Crippen molar-refractivity contribution >= 4 is 29.6 Å². The molecule has 3 aromatic carbocycles. The zero-order valence-corrected chi connectivity index (χ0v) is 20.0. The highest BCUT2D eigenvalue weighted by atomic mass is 32.2. The molecule has 3 rings (SSSR count). The van der Waals surface area contributed by atoms with Crippen molar-refractivity contribution in [2.45, 2.75) is 38.1 Å². The minimum atomic E-state index is -0.887. The topological polar surface area (TPSA) is 90.5 Å². The number of hydrogen-bond donors (Lipinski definition) is 4. The van der Waals surface area contributed by atoms with Crippen molar-refractivity contribution in [1.29, 1.82) is 0 Å². The minimum Gasteiger partial charge on any atom is -0.480 e. The van der Waals surface area contributed by atoms with Crippen LogP contribution >= 0.6 is 11.9 Å². The molecule has 0 bridgehead atoms. The predicted molar refractivity (Wildman–Crippen MR) is 135 cm³/mol. The number of carboxylic acid groups (broad SMARTS) is 1. The van der Waals surface area contributed by atoms with Crippen molar-refractivity contribution in [3.63, 3.8) is 0 Å². The molecule has 2 amide bonds. The normalized spacial score (nSPS) is 11.6. The Morgan fingerprint density at radius 3 is 2.21 bits per heavy atom. The Hall–Kier alpha value is -3.29. The monoisotopic (exact) mass is 463 g/mol. The maximum atomic E-state index is 11.9. The molecular formula is C26H29N3O3S. The van der Waals surface area contributed by atoms with Crippen LogP contribution in [0.5, 0.6) is 0 Å². The minimum absolute atomic E-state index is 0.274. The van der Waals surface area contributed by atoms with Gasteiger partial charge in [0.05, 0.1) is 0 Å². The summed E-state index contributed by atoms with van der Waals surface area (Å²) < 4.78 is 3.13. The summed E-state index contributed by atoms with van der Waals surface area (Å²) in [6.07, 6.45) is 0.366. The van der Waals surface area contributed by atoms with Crippen LogP contribution in [0.25, 0.3) is 11.1 Å². The molecule has 3 aromatic rings. The number of amides is 2. The molecule has 0 aliphatic carbocycles. The van der Waals surface area contributed by atoms with Gasteiger partial charge in [0.1, 0.15) is 6.04 Å². The number of benzene rings is 3. The number of aliphatic carboxylic acids is 1. The first kappa shape index (κ1) is 24.4. The average Bonchev–Trinajstić information content (AvgIpc) is 2.78. The second-order valence-corrected chi connectivity index (χ2v) is 8.87. The van der Waals surface area contributed by atoms with Gasteiger partial charge < -0.3 is 15.7 Å². The molecule has 7 heteroatoms. The van der Waals surface area contributed by atoms with Gasteiger partial charge in [-0.05, 0) is 79.1 Å². The smallest absolute Gasteiger partial charge is 0.321 e. The van der Waals surface area contributed by atoms with E-state index in [1.165, 1.54) is 17.5 Å². The van der Waals surface area contributed by atoms with Gasteiger partial charge in [0.2, 0.25) is 0 Å². The third-order valence-corrected chi connectivity index (χ3v) is 6.53. The lowest BCUT2D eigenvalue weighted by atomic mass is 10.0. The third kappa shape index (κ3) is 6.60. The van der Waals surface area contributed by atoms with E-state index in [2.05, 4.69) is 34.4 Å². The van der Waals surface area contributed by atoms with Crippen LogP contribution in [-0.4, -0.2) is 30.2 Å². The molecular weight excluding hydrogens is 434 g/mol. The van der Waals surface area contributed by atoms with Crippen LogP contribution in [0, 0.1) is 20.8 Å². The summed E-state index contributed by atoms with van der Waals surface area (Å²) in [4.78, 5) is 24.5. The number of carbonyl (C=O) groups excluding carboxylic acids is 1. The van der Waals surface area contributed by atoms with Gasteiger partial charge in [-0.1, -0.05) is 54.1 Å². The molecule has 0 aliphatic heterocycles. The van der Waals surface area contributed by atoms with Crippen molar-refractivity contribution in [2.75, 3.05) is 12.4 Å². The number of rotatable bonds is 8. The van der Waals surface area contributed by atoms with E-state index in [1.807, 2.05) is 62.4 Å². The molecule has 0 saturated carbocycles. The Labute approximate surface area is 198 Å². The van der Waals surface area contributed by atoms with Gasteiger partial charge in [-0.25, -0.2) is 9.52 Å². The summed E-state index contributed by atoms with van der Waals surface area (Å²) in [6.45, 7) is 6.13. The summed E-state index contributed by atoms with van der Waals surface area (Å²) in [7, 11) is 1.57. The van der Waals surface area contributed by atoms with Crippen LogP contribution in [0.4, 0.5) is 10.5 Å². The second kappa shape index (κ2) is 11.0. The maximum absolute atomic E-state index is 11.9. The van der Waals surface area contributed by atoms with Crippen LogP contribution in [0.2, 0.25) is 0 Å². The fourth-order valence-electron chi connectivity index (χ4n) is 3.68. The van der Waals surface area contributed by atoms with E-state index >= 15 is 0 Å². The van der Waals surface area contributed by atoms with E-state index < -0.39 is 12.0 Å². The predicted octanol–water partition coefficient (Wildman–Crippen LogP) is 5.32. The van der Waals surface area contributed by atoms with Crippen molar-refractivity contribution < 1.29 is 14.7 Å². The highest BCUT2D eigenvalue weighted by Crippen LogP contribution is 2.27. The molecule has 33 heavy (non-hydrogen) atoms. The van der Waals surface area contributed by atoms with Crippen molar-refractivity contribution in [1.82, 2.24) is 10.0 Å². The summed E-state index contributed by atoms with van der Waals surface area (Å²) in [5, 5.41) is 15.0. The first-order valence-electron chi connectivity index (χ1n) is 10.7. The van der Waals surface area contributed by atoms with E-state index in [9.17, 15) is 14.7 Å². The third-order valence-electron chi connectivity index (χ3n) is 5.28. The maximum Gasteiger partial charge on any atom is 0.321 e. The van der Waals surface area contributed by atoms with Gasteiger partial charge in [0, 0.05) is 17.6 Å². The van der Waals surface area contributed by atoms with Crippen molar-refractivity contribution in [3.05, 3.63) is 82.9 Å². The zero-order valence-electron chi connectivity index (χ0n) is 19.2. The van der Waals surface area contributed by atoms with E-state index in [4.69, 9.17) is 0 Å². The van der Waals surface area contributed by atoms with Gasteiger partial charge in [0.15, 0.2) is 0 Å². The van der Waals surface area contributed by atoms with Gasteiger partial charge in [0.25, 0.3) is 0 Å². The highest BCUT2D eigenvalue weighted by Gasteiger charge is 2.19. The highest BCUT2D eigenvalue weighted by molar-refractivity contribution is 7.97. The summed E-state index contributed by atoms with van der Waals surface area (Å²) in [5.74, 6) is -0.887. The molecule has 0 aromatic heterocycles. The van der Waals surface area contributed by atoms with Gasteiger partial charge in [-0.3, -0.25) is 4.79 Å². The molecule has 0 radical (unpaired) electrons. The Kier molecular flexibility index (Phi) is 8.14. The van der Waals surface area contributed by atoms with Gasteiger partial charge in [-0.2, -0.15) is 0 Å². The molecule has 1 unspecified atom stereocenters. The first-order chi connectivity index (χ1) is 15.8. The largest absolute Gasteiger partial charge is 0.480 e. The van der Waals surface area contributed by atoms with E-state index in [0.29, 0.717) is 12.1 Å².